The van der Waals surface area contributed by atoms with Gasteiger partial charge in [0, 0.05) is 18.4 Å². The number of sulfonamides is 1. The molecule has 0 unspecified atom stereocenters. The van der Waals surface area contributed by atoms with E-state index >= 15 is 0 Å². The number of benzene rings is 2. The van der Waals surface area contributed by atoms with Crippen molar-refractivity contribution >= 4 is 27.0 Å². The molecule has 210 valence electrons. The molecule has 1 amide bonds. The van der Waals surface area contributed by atoms with Gasteiger partial charge in [-0.3, -0.25) is 0 Å². The summed E-state index contributed by atoms with van der Waals surface area (Å²) in [4.78, 5) is 19.9. The van der Waals surface area contributed by atoms with E-state index in [4.69, 9.17) is 14.3 Å². The highest BCUT2D eigenvalue weighted by Gasteiger charge is 2.27. The molecular formula is C27H34N4O7S. The van der Waals surface area contributed by atoms with Gasteiger partial charge in [0.25, 0.3) is 0 Å². The van der Waals surface area contributed by atoms with Crippen LogP contribution in [-0.4, -0.2) is 73.7 Å². The van der Waals surface area contributed by atoms with E-state index in [0.717, 1.165) is 36.6 Å². The van der Waals surface area contributed by atoms with Crippen LogP contribution in [0.4, 0.5) is 4.79 Å². The predicted octanol–water partition coefficient (Wildman–Crippen LogP) is 2.17. The number of hydrogen-bond donors (Lipinski definition) is 3. The van der Waals surface area contributed by atoms with E-state index in [1.165, 1.54) is 17.0 Å². The summed E-state index contributed by atoms with van der Waals surface area (Å²) < 4.78 is 39.5. The Kier molecular flexibility index (Phi) is 8.66. The fourth-order valence-electron chi connectivity index (χ4n) is 4.88. The quantitative estimate of drug-likeness (QED) is 0.325. The van der Waals surface area contributed by atoms with Crippen molar-refractivity contribution in [2.75, 3.05) is 19.8 Å². The van der Waals surface area contributed by atoms with E-state index in [0.29, 0.717) is 25.2 Å². The molecule has 11 nitrogen and oxygen atoms in total. The number of hydrogen-bond acceptors (Lipinski definition) is 8. The SMILES string of the molecule is O=C(N[C@@H](Cc1ccccc1)[C@H](O)CNS(=O)(=O)c1ccc2cnn(OC3CCCC3)c2c1)O[C@H]1CCOC1. The number of nitrogens with one attached hydrogen (secondary N) is 2. The molecule has 3 N–H and O–H groups in total. The molecule has 1 aromatic heterocycles. The smallest absolute Gasteiger partial charge is 0.407 e. The van der Waals surface area contributed by atoms with Crippen molar-refractivity contribution in [1.29, 1.82) is 0 Å². The first-order chi connectivity index (χ1) is 18.9. The lowest BCUT2D eigenvalue weighted by Gasteiger charge is -2.25. The third-order valence-electron chi connectivity index (χ3n) is 7.08. The van der Waals surface area contributed by atoms with E-state index in [9.17, 15) is 18.3 Å². The molecular weight excluding hydrogens is 524 g/mol. The molecule has 5 rings (SSSR count). The zero-order chi connectivity index (χ0) is 27.2. The fourth-order valence-corrected chi connectivity index (χ4v) is 5.95. The molecule has 2 aliphatic rings. The average molecular weight is 559 g/mol. The van der Waals surface area contributed by atoms with Crippen LogP contribution < -0.4 is 14.9 Å². The van der Waals surface area contributed by atoms with Crippen molar-refractivity contribution in [3.63, 3.8) is 0 Å². The summed E-state index contributed by atoms with van der Waals surface area (Å²) in [6, 6.07) is 13.2. The van der Waals surface area contributed by atoms with Gasteiger partial charge in [-0.2, -0.15) is 0 Å². The number of aromatic nitrogens is 2. The standard InChI is InChI=1S/C27H34N4O7S/c32-26(24(14-19-6-2-1-3-7-19)30-27(33)37-22-12-13-36-18-22)17-29-39(34,35)23-11-10-20-16-28-31(25(20)15-23)38-21-8-4-5-9-21/h1-3,6-7,10-11,15-16,21-22,24,26,29,32H,4-5,8-9,12-14,17-18H2,(H,30,33)/t22-,24-,26+/m0/s1. The minimum absolute atomic E-state index is 0.0205. The normalized spacial score (nSPS) is 19.7. The third kappa shape index (κ3) is 7.07. The molecule has 2 aromatic carbocycles. The van der Waals surface area contributed by atoms with Crippen LogP contribution >= 0.6 is 0 Å². The number of aliphatic hydroxyl groups excluding tert-OH is 1. The maximum atomic E-state index is 13.2. The molecule has 1 saturated heterocycles. The zero-order valence-electron chi connectivity index (χ0n) is 21.6. The van der Waals surface area contributed by atoms with Gasteiger partial charge in [-0.05, 0) is 55.9 Å². The van der Waals surface area contributed by atoms with Crippen LogP contribution in [0.15, 0.2) is 59.6 Å². The van der Waals surface area contributed by atoms with Crippen LogP contribution in [0.2, 0.25) is 0 Å². The lowest BCUT2D eigenvalue weighted by atomic mass is 10.0. The molecule has 1 aliphatic carbocycles. The second-order valence-electron chi connectivity index (χ2n) is 10.0. The summed E-state index contributed by atoms with van der Waals surface area (Å²) in [5.74, 6) is 0. The molecule has 1 saturated carbocycles. The lowest BCUT2D eigenvalue weighted by molar-refractivity contribution is 0.0272. The average Bonchev–Trinajstić information content (AvgIpc) is 3.71. The highest BCUT2D eigenvalue weighted by atomic mass is 32.2. The Hall–Kier alpha value is -3.19. The van der Waals surface area contributed by atoms with E-state index in [1.807, 2.05) is 30.3 Å². The first kappa shape index (κ1) is 27.4. The largest absolute Gasteiger partial charge is 0.444 e. The predicted molar refractivity (Wildman–Crippen MR) is 143 cm³/mol. The number of aliphatic hydroxyl groups is 1. The topological polar surface area (TPSA) is 141 Å². The van der Waals surface area contributed by atoms with Crippen molar-refractivity contribution in [3.05, 3.63) is 60.3 Å². The van der Waals surface area contributed by atoms with Gasteiger partial charge < -0.3 is 24.7 Å². The lowest BCUT2D eigenvalue weighted by Crippen LogP contribution is -2.50. The van der Waals surface area contributed by atoms with Gasteiger partial charge in [-0.1, -0.05) is 35.2 Å². The highest BCUT2D eigenvalue weighted by molar-refractivity contribution is 7.89. The Morgan fingerprint density at radius 3 is 2.67 bits per heavy atom. The second kappa shape index (κ2) is 12.3. The molecule has 12 heteroatoms. The first-order valence-corrected chi connectivity index (χ1v) is 14.8. The summed E-state index contributed by atoms with van der Waals surface area (Å²) in [5, 5.41) is 18.7. The summed E-state index contributed by atoms with van der Waals surface area (Å²) in [6.07, 6.45) is 4.40. The van der Waals surface area contributed by atoms with E-state index in [2.05, 4.69) is 15.1 Å². The number of rotatable bonds is 11. The van der Waals surface area contributed by atoms with Crippen LogP contribution in [-0.2, 0) is 25.9 Å². The van der Waals surface area contributed by atoms with E-state index in [1.54, 1.807) is 12.3 Å². The van der Waals surface area contributed by atoms with Gasteiger partial charge in [0.05, 0.1) is 36.5 Å². The molecule has 39 heavy (non-hydrogen) atoms. The van der Waals surface area contributed by atoms with Gasteiger partial charge in [0.15, 0.2) is 0 Å². The van der Waals surface area contributed by atoms with Gasteiger partial charge in [0.2, 0.25) is 10.0 Å². The van der Waals surface area contributed by atoms with Crippen molar-refractivity contribution in [3.8, 4) is 0 Å². The molecule has 3 atom stereocenters. The van der Waals surface area contributed by atoms with E-state index in [-0.39, 0.29) is 30.1 Å². The number of alkyl carbamates (subject to hydrolysis) is 1. The maximum absolute atomic E-state index is 13.2. The number of nitrogens with zero attached hydrogens (tertiary/aromatic N) is 2. The summed E-state index contributed by atoms with van der Waals surface area (Å²) in [7, 11) is -3.99. The Labute approximate surface area is 227 Å². The van der Waals surface area contributed by atoms with Crippen LogP contribution in [0.25, 0.3) is 10.9 Å². The second-order valence-corrected chi connectivity index (χ2v) is 11.8. The minimum atomic E-state index is -3.99. The Morgan fingerprint density at radius 1 is 1.13 bits per heavy atom. The zero-order valence-corrected chi connectivity index (χ0v) is 22.4. The van der Waals surface area contributed by atoms with Crippen molar-refractivity contribution in [2.24, 2.45) is 0 Å². The maximum Gasteiger partial charge on any atom is 0.407 e. The summed E-state index contributed by atoms with van der Waals surface area (Å²) >= 11 is 0. The van der Waals surface area contributed by atoms with Gasteiger partial charge in [-0.25, -0.2) is 17.9 Å². The number of ether oxygens (including phenoxy) is 2. The molecule has 0 bridgehead atoms. The summed E-state index contributed by atoms with van der Waals surface area (Å²) in [5.41, 5.74) is 1.42. The van der Waals surface area contributed by atoms with Gasteiger partial charge >= 0.3 is 6.09 Å². The van der Waals surface area contributed by atoms with Crippen molar-refractivity contribution < 1.29 is 32.6 Å². The molecule has 0 spiro atoms. The molecule has 0 radical (unpaired) electrons. The minimum Gasteiger partial charge on any atom is -0.444 e. The highest BCUT2D eigenvalue weighted by Crippen LogP contribution is 2.22. The van der Waals surface area contributed by atoms with E-state index < -0.39 is 28.3 Å². The Balaban J connectivity index is 1.26. The van der Waals surface area contributed by atoms with Crippen molar-refractivity contribution in [2.45, 2.75) is 67.8 Å². The molecule has 2 heterocycles. The van der Waals surface area contributed by atoms with Crippen LogP contribution in [0.3, 0.4) is 0 Å². The number of carbonyl (C=O) groups is 1. The first-order valence-electron chi connectivity index (χ1n) is 13.3. The molecule has 1 aliphatic heterocycles. The number of fused-ring (bicyclic) bond motifs is 1. The Morgan fingerprint density at radius 2 is 1.92 bits per heavy atom. The number of carbonyl (C=O) groups excluding carboxylic acids is 1. The Bertz CT molecular complexity index is 1350. The van der Waals surface area contributed by atoms with Crippen molar-refractivity contribution in [1.82, 2.24) is 20.0 Å². The fraction of sp³-hybridized carbons (Fsp3) is 0.481. The summed E-state index contributed by atoms with van der Waals surface area (Å²) in [6.45, 7) is 0.533. The monoisotopic (exact) mass is 558 g/mol. The van der Waals surface area contributed by atoms with Gasteiger partial charge in [-0.15, -0.1) is 5.10 Å². The van der Waals surface area contributed by atoms with Crippen LogP contribution in [0.5, 0.6) is 0 Å². The molecule has 3 aromatic rings. The van der Waals surface area contributed by atoms with Crippen LogP contribution in [0.1, 0.15) is 37.7 Å². The van der Waals surface area contributed by atoms with Gasteiger partial charge in [0.1, 0.15) is 17.7 Å². The van der Waals surface area contributed by atoms with Crippen LogP contribution in [0, 0.1) is 0 Å². The molecule has 2 fully saturated rings. The number of amides is 1. The third-order valence-corrected chi connectivity index (χ3v) is 8.50.